The van der Waals surface area contributed by atoms with Gasteiger partial charge in [-0.1, -0.05) is 42.0 Å². The lowest BCUT2D eigenvalue weighted by Gasteiger charge is -2.28. The lowest BCUT2D eigenvalue weighted by Crippen LogP contribution is -2.45. The highest BCUT2D eigenvalue weighted by atomic mass is 16.2. The van der Waals surface area contributed by atoms with Gasteiger partial charge >= 0.3 is 0 Å². The van der Waals surface area contributed by atoms with Gasteiger partial charge < -0.3 is 4.90 Å². The number of aryl methyl sites for hydroxylation is 1. The molecule has 0 atom stereocenters. The van der Waals surface area contributed by atoms with Gasteiger partial charge in [0.25, 0.3) is 11.8 Å². The Kier molecular flexibility index (Phi) is 4.89. The molecule has 0 unspecified atom stereocenters. The first-order valence-electron chi connectivity index (χ1n) is 8.68. The van der Waals surface area contributed by atoms with Crippen LogP contribution < -0.4 is 0 Å². The maximum atomic E-state index is 12.8. The number of amides is 3. The number of carbonyl (C=O) groups is 3. The first kappa shape index (κ1) is 17.9. The number of imide groups is 1. The normalized spacial score (nSPS) is 13.3. The van der Waals surface area contributed by atoms with Crippen LogP contribution in [0.3, 0.4) is 0 Å². The molecule has 134 valence electrons. The first-order valence-corrected chi connectivity index (χ1v) is 8.68. The van der Waals surface area contributed by atoms with E-state index in [2.05, 4.69) is 0 Å². The molecule has 0 spiro atoms. The van der Waals surface area contributed by atoms with Crippen LogP contribution in [0.1, 0.15) is 45.7 Å². The number of nitrogens with zero attached hydrogens (tertiary/aromatic N) is 2. The van der Waals surface area contributed by atoms with E-state index in [4.69, 9.17) is 0 Å². The second-order valence-electron chi connectivity index (χ2n) is 6.85. The lowest BCUT2D eigenvalue weighted by molar-refractivity contribution is -0.133. The predicted molar refractivity (Wildman–Crippen MR) is 98.7 cm³/mol. The van der Waals surface area contributed by atoms with Gasteiger partial charge in [0.1, 0.15) is 6.54 Å². The molecule has 2 aromatic carbocycles. The Balaban J connectivity index is 1.78. The average Bonchev–Trinajstić information content (AvgIpc) is 2.84. The highest BCUT2D eigenvalue weighted by Crippen LogP contribution is 2.24. The molecule has 0 N–H and O–H groups in total. The van der Waals surface area contributed by atoms with Crippen LogP contribution in [-0.2, 0) is 11.3 Å². The number of fused-ring (bicyclic) bond motifs is 1. The molecule has 0 saturated carbocycles. The van der Waals surface area contributed by atoms with Gasteiger partial charge in [-0.05, 0) is 38.5 Å². The third-order valence-electron chi connectivity index (χ3n) is 4.56. The van der Waals surface area contributed by atoms with Crippen LogP contribution in [0.5, 0.6) is 0 Å². The zero-order valence-corrected chi connectivity index (χ0v) is 15.2. The molecule has 2 aromatic rings. The molecule has 1 aliphatic heterocycles. The van der Waals surface area contributed by atoms with E-state index in [1.807, 2.05) is 51.1 Å². The van der Waals surface area contributed by atoms with Crippen molar-refractivity contribution in [3.05, 3.63) is 70.8 Å². The highest BCUT2D eigenvalue weighted by molar-refractivity contribution is 6.22. The van der Waals surface area contributed by atoms with Gasteiger partial charge in [-0.25, -0.2) is 0 Å². The van der Waals surface area contributed by atoms with Gasteiger partial charge in [0.15, 0.2) is 0 Å². The van der Waals surface area contributed by atoms with Crippen LogP contribution in [0.15, 0.2) is 48.5 Å². The van der Waals surface area contributed by atoms with Crippen molar-refractivity contribution in [2.45, 2.75) is 33.4 Å². The Bertz CT molecular complexity index is 859. The van der Waals surface area contributed by atoms with Crippen LogP contribution in [0.25, 0.3) is 0 Å². The van der Waals surface area contributed by atoms with Gasteiger partial charge in [-0.2, -0.15) is 0 Å². The molecule has 1 aliphatic rings. The van der Waals surface area contributed by atoms with E-state index in [1.54, 1.807) is 23.1 Å². The Labute approximate surface area is 153 Å². The fourth-order valence-electron chi connectivity index (χ4n) is 3.11. The van der Waals surface area contributed by atoms with Crippen molar-refractivity contribution in [1.29, 1.82) is 0 Å². The molecular weight excluding hydrogens is 328 g/mol. The Hall–Kier alpha value is -2.95. The number of carbonyl (C=O) groups excluding carboxylic acids is 3. The molecular formula is C21H22N2O3. The molecule has 0 saturated heterocycles. The second kappa shape index (κ2) is 7.12. The summed E-state index contributed by atoms with van der Waals surface area (Å²) < 4.78 is 0. The summed E-state index contributed by atoms with van der Waals surface area (Å²) in [4.78, 5) is 40.7. The minimum Gasteiger partial charge on any atom is -0.334 e. The van der Waals surface area contributed by atoms with Gasteiger partial charge in [0.05, 0.1) is 11.1 Å². The minimum atomic E-state index is -0.401. The van der Waals surface area contributed by atoms with E-state index in [9.17, 15) is 14.4 Å². The van der Waals surface area contributed by atoms with Crippen LogP contribution in [-0.4, -0.2) is 40.1 Å². The van der Waals surface area contributed by atoms with E-state index >= 15 is 0 Å². The third kappa shape index (κ3) is 3.38. The lowest BCUT2D eigenvalue weighted by atomic mass is 10.1. The SMILES string of the molecule is Cc1ccc2c(c1)C(=O)N(CC(=O)N(Cc1ccccc1)C(C)C)C2=O. The van der Waals surface area contributed by atoms with Crippen molar-refractivity contribution in [2.75, 3.05) is 6.54 Å². The van der Waals surface area contributed by atoms with Gasteiger partial charge in [0, 0.05) is 12.6 Å². The van der Waals surface area contributed by atoms with Gasteiger partial charge in [-0.3, -0.25) is 19.3 Å². The summed E-state index contributed by atoms with van der Waals surface area (Å²) in [5, 5.41) is 0. The molecule has 3 rings (SSSR count). The summed E-state index contributed by atoms with van der Waals surface area (Å²) >= 11 is 0. The maximum Gasteiger partial charge on any atom is 0.262 e. The Morgan fingerprint density at radius 3 is 2.31 bits per heavy atom. The fraction of sp³-hybridized carbons (Fsp3) is 0.286. The molecule has 0 bridgehead atoms. The summed E-state index contributed by atoms with van der Waals surface area (Å²) in [6, 6.07) is 14.8. The van der Waals surface area contributed by atoms with Crippen LogP contribution in [0, 0.1) is 6.92 Å². The van der Waals surface area contributed by atoms with Crippen molar-refractivity contribution in [3.63, 3.8) is 0 Å². The number of rotatable bonds is 5. The zero-order valence-electron chi connectivity index (χ0n) is 15.2. The van der Waals surface area contributed by atoms with E-state index in [0.29, 0.717) is 17.7 Å². The smallest absolute Gasteiger partial charge is 0.262 e. The summed E-state index contributed by atoms with van der Waals surface area (Å²) in [5.41, 5.74) is 2.66. The minimum absolute atomic E-state index is 0.0415. The molecule has 0 aromatic heterocycles. The summed E-state index contributed by atoms with van der Waals surface area (Å²) in [6.45, 7) is 5.92. The molecule has 3 amide bonds. The monoisotopic (exact) mass is 350 g/mol. The van der Waals surface area contributed by atoms with Crippen LogP contribution in [0.4, 0.5) is 0 Å². The summed E-state index contributed by atoms with van der Waals surface area (Å²) in [6.07, 6.45) is 0. The molecule has 26 heavy (non-hydrogen) atoms. The quantitative estimate of drug-likeness (QED) is 0.779. The summed E-state index contributed by atoms with van der Waals surface area (Å²) in [5.74, 6) is -1.04. The fourth-order valence-corrected chi connectivity index (χ4v) is 3.11. The molecule has 0 radical (unpaired) electrons. The van der Waals surface area contributed by atoms with Crippen molar-refractivity contribution >= 4 is 17.7 Å². The van der Waals surface area contributed by atoms with E-state index in [0.717, 1.165) is 16.0 Å². The highest BCUT2D eigenvalue weighted by Gasteiger charge is 2.37. The molecule has 0 aliphatic carbocycles. The molecule has 5 nitrogen and oxygen atoms in total. The van der Waals surface area contributed by atoms with Crippen molar-refractivity contribution in [3.8, 4) is 0 Å². The predicted octanol–water partition coefficient (Wildman–Crippen LogP) is 3.03. The standard InChI is InChI=1S/C21H22N2O3/c1-14(2)22(12-16-7-5-4-6-8-16)19(24)13-23-20(25)17-10-9-15(3)11-18(17)21(23)26/h4-11,14H,12-13H2,1-3H3. The molecule has 1 heterocycles. The Morgan fingerprint density at radius 1 is 1.00 bits per heavy atom. The van der Waals surface area contributed by atoms with E-state index in [1.165, 1.54) is 0 Å². The van der Waals surface area contributed by atoms with Crippen molar-refractivity contribution in [2.24, 2.45) is 0 Å². The van der Waals surface area contributed by atoms with Gasteiger partial charge in [-0.15, -0.1) is 0 Å². The van der Waals surface area contributed by atoms with E-state index < -0.39 is 11.8 Å². The van der Waals surface area contributed by atoms with Crippen molar-refractivity contribution in [1.82, 2.24) is 9.80 Å². The van der Waals surface area contributed by atoms with Gasteiger partial charge in [0.2, 0.25) is 5.91 Å². The molecule has 5 heteroatoms. The zero-order chi connectivity index (χ0) is 18.8. The number of benzene rings is 2. The number of hydrogen-bond acceptors (Lipinski definition) is 3. The largest absolute Gasteiger partial charge is 0.334 e. The van der Waals surface area contributed by atoms with E-state index in [-0.39, 0.29) is 18.5 Å². The second-order valence-corrected chi connectivity index (χ2v) is 6.85. The topological polar surface area (TPSA) is 57.7 Å². The molecule has 0 fully saturated rings. The first-order chi connectivity index (χ1) is 12.4. The Morgan fingerprint density at radius 2 is 1.65 bits per heavy atom. The number of hydrogen-bond donors (Lipinski definition) is 0. The van der Waals surface area contributed by atoms with Crippen LogP contribution in [0.2, 0.25) is 0 Å². The summed E-state index contributed by atoms with van der Waals surface area (Å²) in [7, 11) is 0. The maximum absolute atomic E-state index is 12.8. The average molecular weight is 350 g/mol. The van der Waals surface area contributed by atoms with Crippen molar-refractivity contribution < 1.29 is 14.4 Å². The van der Waals surface area contributed by atoms with Crippen LogP contribution >= 0.6 is 0 Å². The third-order valence-corrected chi connectivity index (χ3v) is 4.56.